The molecule has 2 rings (SSSR count). The smallest absolute Gasteiger partial charge is 0.242 e. The number of hydrogen-bond acceptors (Lipinski definition) is 2. The summed E-state index contributed by atoms with van der Waals surface area (Å²) in [6.07, 6.45) is 1.55. The monoisotopic (exact) mass is 454 g/mol. The van der Waals surface area contributed by atoms with Crippen LogP contribution in [0.5, 0.6) is 0 Å². The van der Waals surface area contributed by atoms with Crippen LogP contribution in [0.15, 0.2) is 42.5 Å². The van der Waals surface area contributed by atoms with Gasteiger partial charge in [0.1, 0.15) is 6.04 Å². The molecule has 0 saturated heterocycles. The zero-order valence-corrected chi connectivity index (χ0v) is 18.8. The Balaban J connectivity index is 2.19. The number of aryl methyl sites for hydroxylation is 1. The average Bonchev–Trinajstić information content (AvgIpc) is 2.70. The third-order valence-electron chi connectivity index (χ3n) is 4.64. The quantitative estimate of drug-likeness (QED) is 0.541. The SMILES string of the molecule is CCCNC(=O)C(C)N(Cc1ccc(Cl)cc1Cl)C(=O)CCc1ccccc1Cl. The molecule has 2 aromatic rings. The number of rotatable bonds is 9. The van der Waals surface area contributed by atoms with Crippen LogP contribution < -0.4 is 5.32 Å². The lowest BCUT2D eigenvalue weighted by Crippen LogP contribution is -2.47. The summed E-state index contributed by atoms with van der Waals surface area (Å²) < 4.78 is 0. The molecular weight excluding hydrogens is 431 g/mol. The molecule has 4 nitrogen and oxygen atoms in total. The lowest BCUT2D eigenvalue weighted by molar-refractivity contribution is -0.140. The first-order valence-corrected chi connectivity index (χ1v) is 10.7. The first kappa shape index (κ1) is 23.5. The van der Waals surface area contributed by atoms with Crippen molar-refractivity contribution in [1.82, 2.24) is 10.2 Å². The molecule has 0 aliphatic heterocycles. The molecule has 0 fully saturated rings. The number of benzene rings is 2. The number of carbonyl (C=O) groups is 2. The molecule has 156 valence electrons. The van der Waals surface area contributed by atoms with Crippen LogP contribution in [0.2, 0.25) is 15.1 Å². The minimum atomic E-state index is -0.632. The Morgan fingerprint density at radius 2 is 1.76 bits per heavy atom. The first-order valence-electron chi connectivity index (χ1n) is 9.58. The highest BCUT2D eigenvalue weighted by Gasteiger charge is 2.26. The van der Waals surface area contributed by atoms with E-state index < -0.39 is 6.04 Å². The normalized spacial score (nSPS) is 11.8. The molecule has 0 saturated carbocycles. The highest BCUT2D eigenvalue weighted by Crippen LogP contribution is 2.24. The van der Waals surface area contributed by atoms with Crippen LogP contribution in [0.25, 0.3) is 0 Å². The van der Waals surface area contributed by atoms with Crippen LogP contribution in [-0.4, -0.2) is 29.3 Å². The van der Waals surface area contributed by atoms with Gasteiger partial charge < -0.3 is 10.2 Å². The van der Waals surface area contributed by atoms with Gasteiger partial charge in [-0.1, -0.05) is 66.0 Å². The second-order valence-electron chi connectivity index (χ2n) is 6.82. The van der Waals surface area contributed by atoms with Gasteiger partial charge >= 0.3 is 0 Å². The van der Waals surface area contributed by atoms with E-state index in [1.807, 2.05) is 25.1 Å². The van der Waals surface area contributed by atoms with E-state index in [2.05, 4.69) is 5.32 Å². The Hall–Kier alpha value is -1.75. The molecular formula is C22H25Cl3N2O2. The molecule has 29 heavy (non-hydrogen) atoms. The molecule has 0 aromatic heterocycles. The van der Waals surface area contributed by atoms with Crippen LogP contribution in [-0.2, 0) is 22.6 Å². The number of carbonyl (C=O) groups excluding carboxylic acids is 2. The number of halogens is 3. The lowest BCUT2D eigenvalue weighted by Gasteiger charge is -2.29. The van der Waals surface area contributed by atoms with Gasteiger partial charge in [0.25, 0.3) is 0 Å². The maximum atomic E-state index is 13.1. The van der Waals surface area contributed by atoms with Crippen LogP contribution in [0.1, 0.15) is 37.8 Å². The van der Waals surface area contributed by atoms with Gasteiger partial charge in [0.2, 0.25) is 11.8 Å². The topological polar surface area (TPSA) is 49.4 Å². The Morgan fingerprint density at radius 3 is 2.41 bits per heavy atom. The molecule has 7 heteroatoms. The van der Waals surface area contributed by atoms with Crippen molar-refractivity contribution < 1.29 is 9.59 Å². The number of hydrogen-bond donors (Lipinski definition) is 1. The third kappa shape index (κ3) is 6.91. The van der Waals surface area contributed by atoms with Crippen LogP contribution in [0.3, 0.4) is 0 Å². The highest BCUT2D eigenvalue weighted by molar-refractivity contribution is 6.35. The van der Waals surface area contributed by atoms with E-state index in [9.17, 15) is 9.59 Å². The maximum absolute atomic E-state index is 13.1. The molecule has 0 radical (unpaired) electrons. The molecule has 1 N–H and O–H groups in total. The fourth-order valence-corrected chi connectivity index (χ4v) is 3.60. The van der Waals surface area contributed by atoms with E-state index in [0.29, 0.717) is 28.0 Å². The van der Waals surface area contributed by atoms with Crippen LogP contribution >= 0.6 is 34.8 Å². The zero-order chi connectivity index (χ0) is 21.4. The van der Waals surface area contributed by atoms with Crippen molar-refractivity contribution in [2.24, 2.45) is 0 Å². The minimum Gasteiger partial charge on any atom is -0.354 e. The summed E-state index contributed by atoms with van der Waals surface area (Å²) in [5.74, 6) is -0.335. The molecule has 1 unspecified atom stereocenters. The number of nitrogens with one attached hydrogen (secondary N) is 1. The van der Waals surface area contributed by atoms with Gasteiger partial charge in [-0.2, -0.15) is 0 Å². The second-order valence-corrected chi connectivity index (χ2v) is 8.07. The fraction of sp³-hybridized carbons (Fsp3) is 0.364. The van der Waals surface area contributed by atoms with Crippen LogP contribution in [0.4, 0.5) is 0 Å². The summed E-state index contributed by atoms with van der Waals surface area (Å²) in [5.41, 5.74) is 1.63. The van der Waals surface area contributed by atoms with E-state index >= 15 is 0 Å². The molecule has 2 amide bonds. The van der Waals surface area contributed by atoms with Crippen molar-refractivity contribution in [1.29, 1.82) is 0 Å². The van der Waals surface area contributed by atoms with Crippen molar-refractivity contribution in [2.75, 3.05) is 6.54 Å². The van der Waals surface area contributed by atoms with Crippen molar-refractivity contribution in [3.63, 3.8) is 0 Å². The second kappa shape index (κ2) is 11.4. The Morgan fingerprint density at radius 1 is 1.03 bits per heavy atom. The van der Waals surface area contributed by atoms with E-state index in [1.54, 1.807) is 36.1 Å². The third-order valence-corrected chi connectivity index (χ3v) is 5.59. The van der Waals surface area contributed by atoms with Gasteiger partial charge in [-0.25, -0.2) is 0 Å². The predicted molar refractivity (Wildman–Crippen MR) is 120 cm³/mol. The molecule has 0 aliphatic carbocycles. The summed E-state index contributed by atoms with van der Waals surface area (Å²) in [6.45, 7) is 4.48. The molecule has 1 atom stereocenters. The molecule has 0 bridgehead atoms. The van der Waals surface area contributed by atoms with Crippen molar-refractivity contribution in [2.45, 2.75) is 45.7 Å². The van der Waals surface area contributed by atoms with E-state index in [4.69, 9.17) is 34.8 Å². The minimum absolute atomic E-state index is 0.143. The average molecular weight is 456 g/mol. The number of amides is 2. The summed E-state index contributed by atoms with van der Waals surface area (Å²) in [6, 6.07) is 11.9. The Kier molecular flexibility index (Phi) is 9.28. The molecule has 0 aliphatic rings. The molecule has 2 aromatic carbocycles. The van der Waals surface area contributed by atoms with E-state index in [-0.39, 0.29) is 24.8 Å². The van der Waals surface area contributed by atoms with Crippen molar-refractivity contribution in [3.05, 3.63) is 68.7 Å². The molecule has 0 heterocycles. The Labute approximate surface area is 187 Å². The van der Waals surface area contributed by atoms with Gasteiger partial charge in [-0.3, -0.25) is 9.59 Å². The first-order chi connectivity index (χ1) is 13.8. The van der Waals surface area contributed by atoms with E-state index in [0.717, 1.165) is 17.5 Å². The zero-order valence-electron chi connectivity index (χ0n) is 16.6. The van der Waals surface area contributed by atoms with Gasteiger partial charge in [-0.15, -0.1) is 0 Å². The standard InChI is InChI=1S/C22H25Cl3N2O2/c1-3-12-26-22(29)15(2)27(14-17-8-10-18(23)13-20(17)25)21(28)11-9-16-6-4-5-7-19(16)24/h4-8,10,13,15H,3,9,11-12,14H2,1-2H3,(H,26,29). The highest BCUT2D eigenvalue weighted by atomic mass is 35.5. The number of nitrogens with zero attached hydrogens (tertiary/aromatic N) is 1. The van der Waals surface area contributed by atoms with Crippen molar-refractivity contribution >= 4 is 46.6 Å². The fourth-order valence-electron chi connectivity index (χ4n) is 2.90. The van der Waals surface area contributed by atoms with Gasteiger partial charge in [0, 0.05) is 34.6 Å². The van der Waals surface area contributed by atoms with Crippen LogP contribution in [0, 0.1) is 0 Å². The predicted octanol–water partition coefficient (Wildman–Crippen LogP) is 5.52. The van der Waals surface area contributed by atoms with Crippen molar-refractivity contribution in [3.8, 4) is 0 Å². The lowest BCUT2D eigenvalue weighted by atomic mass is 10.1. The van der Waals surface area contributed by atoms with Gasteiger partial charge in [0.15, 0.2) is 0 Å². The maximum Gasteiger partial charge on any atom is 0.242 e. The summed E-state index contributed by atoms with van der Waals surface area (Å²) in [5, 5.41) is 4.46. The van der Waals surface area contributed by atoms with E-state index in [1.165, 1.54) is 0 Å². The molecule has 0 spiro atoms. The largest absolute Gasteiger partial charge is 0.354 e. The van der Waals surface area contributed by atoms with Gasteiger partial charge in [0.05, 0.1) is 0 Å². The summed E-state index contributed by atoms with van der Waals surface area (Å²) in [7, 11) is 0. The summed E-state index contributed by atoms with van der Waals surface area (Å²) in [4.78, 5) is 27.1. The van der Waals surface area contributed by atoms with Gasteiger partial charge in [-0.05, 0) is 49.1 Å². The Bertz CT molecular complexity index is 858. The summed E-state index contributed by atoms with van der Waals surface area (Å²) >= 11 is 18.5.